The van der Waals surface area contributed by atoms with Gasteiger partial charge in [-0.2, -0.15) is 0 Å². The third-order valence-corrected chi connectivity index (χ3v) is 4.00. The van der Waals surface area contributed by atoms with Crippen LogP contribution in [0.2, 0.25) is 10.0 Å². The molecule has 20 heavy (non-hydrogen) atoms. The maximum atomic E-state index is 13.5. The van der Waals surface area contributed by atoms with Gasteiger partial charge in [0.15, 0.2) is 11.6 Å². The summed E-state index contributed by atoms with van der Waals surface area (Å²) < 4.78 is 19.9. The van der Waals surface area contributed by atoms with E-state index in [9.17, 15) is 4.39 Å². The lowest BCUT2D eigenvalue weighted by Gasteiger charge is -2.19. The molecule has 3 nitrogen and oxygen atoms in total. The lowest BCUT2D eigenvalue weighted by atomic mass is 10.1. The molecule has 1 heterocycles. The zero-order valence-electron chi connectivity index (χ0n) is 10.3. The van der Waals surface area contributed by atoms with Gasteiger partial charge < -0.3 is 10.5 Å². The van der Waals surface area contributed by atoms with Crippen molar-refractivity contribution in [2.24, 2.45) is 0 Å². The SMILES string of the molecule is C[C@@H](Oc1c(Br)ccnc1N)c1c(Cl)ccc(F)c1Cl. The zero-order valence-corrected chi connectivity index (χ0v) is 13.4. The van der Waals surface area contributed by atoms with Crippen LogP contribution in [0.25, 0.3) is 0 Å². The van der Waals surface area contributed by atoms with Crippen LogP contribution in [0.15, 0.2) is 28.9 Å². The number of hydrogen-bond donors (Lipinski definition) is 1. The highest BCUT2D eigenvalue weighted by Crippen LogP contribution is 2.38. The van der Waals surface area contributed by atoms with Gasteiger partial charge in [0.05, 0.1) is 9.50 Å². The molecule has 2 N–H and O–H groups in total. The maximum Gasteiger partial charge on any atom is 0.176 e. The standard InChI is InChI=1S/C13H10BrCl2FN2O/c1-6(10-8(15)2-3-9(17)11(10)16)20-12-7(14)4-5-19-13(12)18/h2-6H,1H3,(H2,18,19)/t6-/m1/s1. The van der Waals surface area contributed by atoms with Crippen molar-refractivity contribution in [1.29, 1.82) is 0 Å². The second kappa shape index (κ2) is 6.16. The highest BCUT2D eigenvalue weighted by atomic mass is 79.9. The Balaban J connectivity index is 2.38. The van der Waals surface area contributed by atoms with Gasteiger partial charge >= 0.3 is 0 Å². The van der Waals surface area contributed by atoms with E-state index in [1.165, 1.54) is 12.1 Å². The third-order valence-electron chi connectivity index (χ3n) is 2.66. The van der Waals surface area contributed by atoms with Gasteiger partial charge in [-0.3, -0.25) is 0 Å². The summed E-state index contributed by atoms with van der Waals surface area (Å²) in [5.41, 5.74) is 6.11. The molecule has 0 aliphatic rings. The first-order valence-corrected chi connectivity index (χ1v) is 7.16. The van der Waals surface area contributed by atoms with E-state index >= 15 is 0 Å². The van der Waals surface area contributed by atoms with Crippen molar-refractivity contribution in [3.05, 3.63) is 50.3 Å². The van der Waals surface area contributed by atoms with Gasteiger partial charge in [0.25, 0.3) is 0 Å². The van der Waals surface area contributed by atoms with Crippen molar-refractivity contribution < 1.29 is 9.13 Å². The molecule has 0 aliphatic heterocycles. The predicted octanol–water partition coefficient (Wildman–Crippen LogP) is 5.01. The summed E-state index contributed by atoms with van der Waals surface area (Å²) in [6.07, 6.45) is 0.951. The van der Waals surface area contributed by atoms with Crippen LogP contribution in [-0.2, 0) is 0 Å². The van der Waals surface area contributed by atoms with Crippen LogP contribution in [0, 0.1) is 5.82 Å². The Hall–Kier alpha value is -1.04. The number of pyridine rings is 1. The summed E-state index contributed by atoms with van der Waals surface area (Å²) in [6.45, 7) is 1.70. The minimum atomic E-state index is -0.589. The molecule has 0 aliphatic carbocycles. The Labute approximate surface area is 134 Å². The quantitative estimate of drug-likeness (QED) is 0.762. The molecule has 0 amide bonds. The largest absolute Gasteiger partial charge is 0.481 e. The highest BCUT2D eigenvalue weighted by molar-refractivity contribution is 9.10. The summed E-state index contributed by atoms with van der Waals surface area (Å²) in [6, 6.07) is 4.32. The summed E-state index contributed by atoms with van der Waals surface area (Å²) in [5, 5.41) is 0.256. The number of ether oxygens (including phenoxy) is 1. The van der Waals surface area contributed by atoms with Crippen molar-refractivity contribution in [1.82, 2.24) is 4.98 Å². The second-order valence-electron chi connectivity index (χ2n) is 4.02. The van der Waals surface area contributed by atoms with Crippen LogP contribution in [0.5, 0.6) is 5.75 Å². The highest BCUT2D eigenvalue weighted by Gasteiger charge is 2.20. The number of nitrogens with two attached hydrogens (primary N) is 1. The first-order valence-electron chi connectivity index (χ1n) is 5.61. The van der Waals surface area contributed by atoms with Crippen LogP contribution < -0.4 is 10.5 Å². The first-order chi connectivity index (χ1) is 9.41. The van der Waals surface area contributed by atoms with Gasteiger partial charge in [0.1, 0.15) is 11.9 Å². The van der Waals surface area contributed by atoms with E-state index in [0.29, 0.717) is 20.8 Å². The number of anilines is 1. The molecule has 1 atom stereocenters. The van der Waals surface area contributed by atoms with Crippen molar-refractivity contribution in [3.8, 4) is 5.75 Å². The number of halogens is 4. The third kappa shape index (κ3) is 3.00. The molecule has 1 aromatic carbocycles. The topological polar surface area (TPSA) is 48.1 Å². The molecule has 7 heteroatoms. The molecule has 2 aromatic rings. The average Bonchev–Trinajstić information content (AvgIpc) is 2.39. The molecular weight excluding hydrogens is 370 g/mol. The van der Waals surface area contributed by atoms with Crippen molar-refractivity contribution in [2.75, 3.05) is 5.73 Å². The van der Waals surface area contributed by atoms with Crippen LogP contribution in [0.3, 0.4) is 0 Å². The number of hydrogen-bond acceptors (Lipinski definition) is 3. The van der Waals surface area contributed by atoms with Crippen molar-refractivity contribution >= 4 is 44.9 Å². The van der Waals surface area contributed by atoms with E-state index in [1.807, 2.05) is 0 Å². The summed E-state index contributed by atoms with van der Waals surface area (Å²) >= 11 is 15.3. The second-order valence-corrected chi connectivity index (χ2v) is 5.66. The van der Waals surface area contributed by atoms with E-state index in [4.69, 9.17) is 33.7 Å². The molecule has 2 rings (SSSR count). The Kier molecular flexibility index (Phi) is 4.73. The fourth-order valence-electron chi connectivity index (χ4n) is 1.71. The van der Waals surface area contributed by atoms with Crippen molar-refractivity contribution in [2.45, 2.75) is 13.0 Å². The Bertz CT molecular complexity index is 634. The minimum Gasteiger partial charge on any atom is -0.481 e. The zero-order chi connectivity index (χ0) is 14.9. The number of benzene rings is 1. The molecule has 0 saturated heterocycles. The molecule has 0 bridgehead atoms. The van der Waals surface area contributed by atoms with Crippen LogP contribution in [0.1, 0.15) is 18.6 Å². The van der Waals surface area contributed by atoms with E-state index in [1.54, 1.807) is 19.2 Å². The van der Waals surface area contributed by atoms with Crippen LogP contribution >= 0.6 is 39.1 Å². The molecule has 0 saturated carbocycles. The van der Waals surface area contributed by atoms with Gasteiger partial charge in [-0.25, -0.2) is 9.37 Å². The van der Waals surface area contributed by atoms with Crippen LogP contribution in [0.4, 0.5) is 10.2 Å². The molecule has 0 radical (unpaired) electrons. The Morgan fingerprint density at radius 1 is 1.35 bits per heavy atom. The molecule has 0 fully saturated rings. The van der Waals surface area contributed by atoms with Gasteiger partial charge in [0, 0.05) is 16.8 Å². The van der Waals surface area contributed by atoms with E-state index in [2.05, 4.69) is 20.9 Å². The summed E-state index contributed by atoms with van der Waals surface area (Å²) in [5.74, 6) is 0.0195. The molecular formula is C13H10BrCl2FN2O. The lowest BCUT2D eigenvalue weighted by molar-refractivity contribution is 0.226. The minimum absolute atomic E-state index is 0.0661. The number of nitrogen functional groups attached to an aromatic ring is 1. The van der Waals surface area contributed by atoms with Gasteiger partial charge in [0.2, 0.25) is 0 Å². The van der Waals surface area contributed by atoms with Crippen LogP contribution in [-0.4, -0.2) is 4.98 Å². The normalized spacial score (nSPS) is 12.2. The molecule has 0 unspecified atom stereocenters. The lowest BCUT2D eigenvalue weighted by Crippen LogP contribution is -2.08. The maximum absolute atomic E-state index is 13.5. The number of nitrogens with zero attached hydrogens (tertiary/aromatic N) is 1. The van der Waals surface area contributed by atoms with Gasteiger partial charge in [-0.05, 0) is 41.1 Å². The fraction of sp³-hybridized carbons (Fsp3) is 0.154. The fourth-order valence-corrected chi connectivity index (χ4v) is 2.80. The Morgan fingerprint density at radius 3 is 2.70 bits per heavy atom. The smallest absolute Gasteiger partial charge is 0.176 e. The molecule has 1 aromatic heterocycles. The summed E-state index contributed by atoms with van der Waals surface area (Å²) in [4.78, 5) is 3.93. The Morgan fingerprint density at radius 2 is 2.05 bits per heavy atom. The predicted molar refractivity (Wildman–Crippen MR) is 81.8 cm³/mol. The van der Waals surface area contributed by atoms with E-state index in [-0.39, 0.29) is 10.8 Å². The van der Waals surface area contributed by atoms with Gasteiger partial charge in [-0.1, -0.05) is 23.2 Å². The molecule has 0 spiro atoms. The number of aromatic nitrogens is 1. The van der Waals surface area contributed by atoms with E-state index in [0.717, 1.165) is 0 Å². The summed E-state index contributed by atoms with van der Waals surface area (Å²) in [7, 11) is 0. The van der Waals surface area contributed by atoms with Gasteiger partial charge in [-0.15, -0.1) is 0 Å². The average molecular weight is 380 g/mol. The first kappa shape index (κ1) is 15.4. The number of rotatable bonds is 3. The van der Waals surface area contributed by atoms with Crippen molar-refractivity contribution in [3.63, 3.8) is 0 Å². The monoisotopic (exact) mass is 378 g/mol. The van der Waals surface area contributed by atoms with E-state index < -0.39 is 11.9 Å². The molecule has 106 valence electrons.